The summed E-state index contributed by atoms with van der Waals surface area (Å²) in [6.45, 7) is 5.76. The van der Waals surface area contributed by atoms with Crippen LogP contribution in [0, 0.1) is 5.92 Å². The minimum atomic E-state index is -4.59. The lowest BCUT2D eigenvalue weighted by Gasteiger charge is -2.28. The van der Waals surface area contributed by atoms with Gasteiger partial charge in [0.15, 0.2) is 0 Å². The molecule has 8 heteroatoms. The van der Waals surface area contributed by atoms with Crippen molar-refractivity contribution in [1.82, 2.24) is 10.3 Å². The van der Waals surface area contributed by atoms with E-state index >= 15 is 0 Å². The van der Waals surface area contributed by atoms with Crippen LogP contribution >= 0.6 is 0 Å². The van der Waals surface area contributed by atoms with Crippen molar-refractivity contribution in [3.05, 3.63) is 47.8 Å². The van der Waals surface area contributed by atoms with Gasteiger partial charge in [-0.2, -0.15) is 13.2 Å². The van der Waals surface area contributed by atoms with Gasteiger partial charge in [-0.3, -0.25) is 9.78 Å². The van der Waals surface area contributed by atoms with Crippen molar-refractivity contribution in [3.63, 3.8) is 0 Å². The summed E-state index contributed by atoms with van der Waals surface area (Å²) in [6.07, 6.45) is 1.67. The molecule has 1 saturated carbocycles. The Labute approximate surface area is 192 Å². The van der Waals surface area contributed by atoms with Gasteiger partial charge in [-0.15, -0.1) is 0 Å². The Morgan fingerprint density at radius 1 is 1.18 bits per heavy atom. The smallest absolute Gasteiger partial charge is 0.419 e. The molecular formula is C25H32F3N3O2. The van der Waals surface area contributed by atoms with Crippen LogP contribution in [-0.4, -0.2) is 23.5 Å². The summed E-state index contributed by atoms with van der Waals surface area (Å²) >= 11 is 0. The maximum atomic E-state index is 13.9. The molecule has 3 N–H and O–H groups in total. The number of ether oxygens (including phenoxy) is 1. The number of carbonyl (C=O) groups is 1. The third-order valence-electron chi connectivity index (χ3n) is 6.09. The number of carbonyl (C=O) groups excluding carboxylic acids is 1. The number of hydrogen-bond acceptors (Lipinski definition) is 4. The summed E-state index contributed by atoms with van der Waals surface area (Å²) in [6, 6.07) is 7.48. The number of amides is 1. The van der Waals surface area contributed by atoms with Crippen LogP contribution in [0.5, 0.6) is 5.75 Å². The molecule has 1 amide bonds. The quantitative estimate of drug-likeness (QED) is 0.487. The second kappa shape index (κ2) is 9.71. The van der Waals surface area contributed by atoms with Crippen LogP contribution in [0.4, 0.5) is 13.2 Å². The van der Waals surface area contributed by atoms with E-state index in [4.69, 9.17) is 10.5 Å². The third kappa shape index (κ3) is 6.05. The van der Waals surface area contributed by atoms with Gasteiger partial charge in [-0.25, -0.2) is 0 Å². The Morgan fingerprint density at radius 2 is 1.85 bits per heavy atom. The molecule has 1 aromatic heterocycles. The molecule has 0 unspecified atom stereocenters. The summed E-state index contributed by atoms with van der Waals surface area (Å²) in [5.41, 5.74) is 5.71. The summed E-state index contributed by atoms with van der Waals surface area (Å²) < 4.78 is 47.2. The van der Waals surface area contributed by atoms with Crippen LogP contribution in [0.3, 0.4) is 0 Å². The minimum absolute atomic E-state index is 0.0209. The highest BCUT2D eigenvalue weighted by atomic mass is 19.4. The molecule has 180 valence electrons. The molecule has 0 bridgehead atoms. The van der Waals surface area contributed by atoms with Gasteiger partial charge in [-0.1, -0.05) is 32.8 Å². The summed E-state index contributed by atoms with van der Waals surface area (Å²) in [5.74, 6) is 0.0571. The van der Waals surface area contributed by atoms with Crippen LogP contribution in [-0.2, 0) is 16.5 Å². The molecule has 0 saturated heterocycles. The Hall–Kier alpha value is -2.61. The van der Waals surface area contributed by atoms with Crippen LogP contribution < -0.4 is 15.8 Å². The molecular weight excluding hydrogens is 431 g/mol. The van der Waals surface area contributed by atoms with E-state index in [0.717, 1.165) is 31.7 Å². The first-order chi connectivity index (χ1) is 15.5. The van der Waals surface area contributed by atoms with Crippen LogP contribution in [0.15, 0.2) is 36.5 Å². The molecule has 0 spiro atoms. The highest BCUT2D eigenvalue weighted by Gasteiger charge is 2.37. The Bertz CT molecular complexity index is 968. The molecule has 1 aromatic carbocycles. The Kier molecular flexibility index (Phi) is 7.36. The van der Waals surface area contributed by atoms with Gasteiger partial charge >= 0.3 is 6.18 Å². The Balaban J connectivity index is 1.93. The average Bonchev–Trinajstić information content (AvgIpc) is 3.21. The van der Waals surface area contributed by atoms with Crippen molar-refractivity contribution in [2.45, 2.75) is 70.1 Å². The number of pyridine rings is 1. The number of alkyl halides is 3. The fourth-order valence-corrected chi connectivity index (χ4v) is 4.73. The normalized spacial score (nSPS) is 17.6. The second-order valence-electron chi connectivity index (χ2n) is 9.73. The van der Waals surface area contributed by atoms with E-state index in [0.29, 0.717) is 35.6 Å². The number of nitrogens with zero attached hydrogens (tertiary/aromatic N) is 1. The van der Waals surface area contributed by atoms with Crippen molar-refractivity contribution in [1.29, 1.82) is 0 Å². The molecule has 2 aromatic rings. The van der Waals surface area contributed by atoms with Crippen molar-refractivity contribution in [2.24, 2.45) is 11.7 Å². The monoisotopic (exact) mass is 463 g/mol. The van der Waals surface area contributed by atoms with Gasteiger partial charge in [0.25, 0.3) is 0 Å². The topological polar surface area (TPSA) is 77.2 Å². The van der Waals surface area contributed by atoms with E-state index < -0.39 is 22.8 Å². The zero-order valence-corrected chi connectivity index (χ0v) is 19.3. The minimum Gasteiger partial charge on any atom is -0.491 e. The summed E-state index contributed by atoms with van der Waals surface area (Å²) in [5, 5.41) is 2.89. The lowest BCUT2D eigenvalue weighted by atomic mass is 9.90. The number of hydrogen-bond donors (Lipinski definition) is 2. The van der Waals surface area contributed by atoms with Crippen molar-refractivity contribution in [3.8, 4) is 16.9 Å². The van der Waals surface area contributed by atoms with E-state index in [1.54, 1.807) is 31.3 Å². The third-order valence-corrected chi connectivity index (χ3v) is 6.09. The second-order valence-corrected chi connectivity index (χ2v) is 9.73. The predicted molar refractivity (Wildman–Crippen MR) is 122 cm³/mol. The number of nitrogens with one attached hydrogen (secondary N) is 1. The molecule has 1 heterocycles. The molecule has 1 aliphatic rings. The van der Waals surface area contributed by atoms with E-state index in [1.807, 2.05) is 13.8 Å². The predicted octanol–water partition coefficient (Wildman–Crippen LogP) is 5.43. The Morgan fingerprint density at radius 3 is 2.45 bits per heavy atom. The molecule has 1 aliphatic carbocycles. The standard InChI is InChI=1S/C25H32F3N3O2/c1-17(2)14-23(3,29)15-33-21-7-6-18(12-20(21)25(26,27)28)19-8-11-30-22(13-19)24(31-16-32)9-4-5-10-24/h6-8,11-13,16-17H,4-5,9-10,14-15,29H2,1-3H3,(H,31,32)/t23-/m0/s1. The van der Waals surface area contributed by atoms with E-state index in [-0.39, 0.29) is 12.4 Å². The summed E-state index contributed by atoms with van der Waals surface area (Å²) in [4.78, 5) is 15.6. The largest absolute Gasteiger partial charge is 0.491 e. The van der Waals surface area contributed by atoms with Gasteiger partial charge in [0.1, 0.15) is 12.4 Å². The molecule has 5 nitrogen and oxygen atoms in total. The zero-order valence-electron chi connectivity index (χ0n) is 19.3. The lowest BCUT2D eigenvalue weighted by Crippen LogP contribution is -2.43. The molecule has 1 atom stereocenters. The van der Waals surface area contributed by atoms with Crippen LogP contribution in [0.1, 0.15) is 64.1 Å². The lowest BCUT2D eigenvalue weighted by molar-refractivity contribution is -0.139. The first-order valence-electron chi connectivity index (χ1n) is 11.3. The molecule has 1 fully saturated rings. The number of aromatic nitrogens is 1. The number of rotatable bonds is 9. The highest BCUT2D eigenvalue weighted by molar-refractivity contribution is 5.66. The maximum Gasteiger partial charge on any atom is 0.419 e. The van der Waals surface area contributed by atoms with Crippen LogP contribution in [0.25, 0.3) is 11.1 Å². The van der Waals surface area contributed by atoms with Gasteiger partial charge in [0.05, 0.1) is 16.8 Å². The summed E-state index contributed by atoms with van der Waals surface area (Å²) in [7, 11) is 0. The molecule has 0 radical (unpaired) electrons. The fourth-order valence-electron chi connectivity index (χ4n) is 4.73. The van der Waals surface area contributed by atoms with Crippen LogP contribution in [0.2, 0.25) is 0 Å². The first kappa shape index (κ1) is 25.0. The molecule has 3 rings (SSSR count). The SMILES string of the molecule is CC(C)C[C@](C)(N)COc1ccc(-c2ccnc(C3(NC=O)CCCC3)c2)cc1C(F)(F)F. The van der Waals surface area contributed by atoms with Crippen molar-refractivity contribution < 1.29 is 22.7 Å². The van der Waals surface area contributed by atoms with E-state index in [2.05, 4.69) is 10.3 Å². The molecule has 33 heavy (non-hydrogen) atoms. The maximum absolute atomic E-state index is 13.9. The fraction of sp³-hybridized carbons (Fsp3) is 0.520. The number of nitrogens with two attached hydrogens (primary N) is 1. The van der Waals surface area contributed by atoms with E-state index in [9.17, 15) is 18.0 Å². The van der Waals surface area contributed by atoms with Gasteiger partial charge in [-0.05, 0) is 67.5 Å². The highest BCUT2D eigenvalue weighted by Crippen LogP contribution is 2.41. The van der Waals surface area contributed by atoms with Crippen molar-refractivity contribution >= 4 is 6.41 Å². The zero-order chi connectivity index (χ0) is 24.3. The van der Waals surface area contributed by atoms with Gasteiger partial charge in [0.2, 0.25) is 6.41 Å². The number of benzene rings is 1. The average molecular weight is 464 g/mol. The first-order valence-corrected chi connectivity index (χ1v) is 11.3. The number of halogens is 3. The van der Waals surface area contributed by atoms with Crippen molar-refractivity contribution in [2.75, 3.05) is 6.61 Å². The molecule has 0 aliphatic heterocycles. The van der Waals surface area contributed by atoms with Gasteiger partial charge in [0, 0.05) is 11.7 Å². The van der Waals surface area contributed by atoms with Gasteiger partial charge < -0.3 is 15.8 Å². The van der Waals surface area contributed by atoms with E-state index in [1.165, 1.54) is 6.07 Å².